The molecule has 4 rings (SSSR count). The summed E-state index contributed by atoms with van der Waals surface area (Å²) in [6, 6.07) is 16.3. The highest BCUT2D eigenvalue weighted by molar-refractivity contribution is 6.06. The highest BCUT2D eigenvalue weighted by atomic mass is 16.5. The van der Waals surface area contributed by atoms with Gasteiger partial charge in [-0.05, 0) is 42.2 Å². The van der Waals surface area contributed by atoms with E-state index in [1.807, 2.05) is 24.3 Å². The smallest absolute Gasteiger partial charge is 0.240 e. The van der Waals surface area contributed by atoms with E-state index in [1.54, 1.807) is 19.0 Å². The number of ether oxygens (including phenoxy) is 1. The largest absolute Gasteiger partial charge is 0.497 e. The standard InChI is InChI=1S/C20H20N2O2/c1-13(23)22-20(14-6-4-3-5-7-14)18-10-8-15-12-16(24-2)9-11-17(15)19(18)21-22/h3-7,9,11-12,18,20H,8,10H2,1-2H3/t18-,20-/m1/s1. The lowest BCUT2D eigenvalue weighted by atomic mass is 9.77. The summed E-state index contributed by atoms with van der Waals surface area (Å²) in [5.41, 5.74) is 4.58. The molecular weight excluding hydrogens is 300 g/mol. The van der Waals surface area contributed by atoms with E-state index in [2.05, 4.69) is 24.3 Å². The third-order valence-electron chi connectivity index (χ3n) is 4.99. The molecule has 0 saturated heterocycles. The molecule has 24 heavy (non-hydrogen) atoms. The minimum Gasteiger partial charge on any atom is -0.497 e. The van der Waals surface area contributed by atoms with Crippen LogP contribution in [0.3, 0.4) is 0 Å². The van der Waals surface area contributed by atoms with E-state index in [0.29, 0.717) is 0 Å². The maximum absolute atomic E-state index is 12.2. The monoisotopic (exact) mass is 320 g/mol. The molecule has 1 aliphatic carbocycles. The molecule has 0 spiro atoms. The molecule has 1 aliphatic heterocycles. The number of hydrazone groups is 1. The predicted molar refractivity (Wildman–Crippen MR) is 93.0 cm³/mol. The van der Waals surface area contributed by atoms with Gasteiger partial charge in [-0.3, -0.25) is 4.79 Å². The molecule has 2 aromatic carbocycles. The van der Waals surface area contributed by atoms with Gasteiger partial charge < -0.3 is 4.74 Å². The maximum atomic E-state index is 12.2. The first-order valence-corrected chi connectivity index (χ1v) is 8.29. The van der Waals surface area contributed by atoms with Crippen LogP contribution in [0.5, 0.6) is 5.75 Å². The van der Waals surface area contributed by atoms with Gasteiger partial charge in [0.25, 0.3) is 0 Å². The van der Waals surface area contributed by atoms with E-state index in [4.69, 9.17) is 9.84 Å². The Morgan fingerprint density at radius 3 is 2.71 bits per heavy atom. The zero-order chi connectivity index (χ0) is 16.7. The first-order chi connectivity index (χ1) is 11.7. The summed E-state index contributed by atoms with van der Waals surface area (Å²) in [5, 5.41) is 6.39. The number of rotatable bonds is 2. The lowest BCUT2D eigenvalue weighted by Crippen LogP contribution is -2.30. The summed E-state index contributed by atoms with van der Waals surface area (Å²) < 4.78 is 5.34. The van der Waals surface area contributed by atoms with Crippen LogP contribution in [0.1, 0.15) is 36.1 Å². The van der Waals surface area contributed by atoms with Gasteiger partial charge in [0.1, 0.15) is 5.75 Å². The Balaban J connectivity index is 1.79. The fourth-order valence-corrected chi connectivity index (χ4v) is 3.88. The Labute approximate surface area is 141 Å². The molecule has 0 radical (unpaired) electrons. The Hall–Kier alpha value is -2.62. The minimum atomic E-state index is -0.0131. The van der Waals surface area contributed by atoms with Crippen molar-refractivity contribution in [3.05, 3.63) is 65.2 Å². The second-order valence-electron chi connectivity index (χ2n) is 6.37. The average molecular weight is 320 g/mol. The van der Waals surface area contributed by atoms with Gasteiger partial charge in [0, 0.05) is 18.4 Å². The topological polar surface area (TPSA) is 41.9 Å². The van der Waals surface area contributed by atoms with Gasteiger partial charge >= 0.3 is 0 Å². The van der Waals surface area contributed by atoms with Crippen LogP contribution >= 0.6 is 0 Å². The quantitative estimate of drug-likeness (QED) is 0.849. The molecule has 1 heterocycles. The third-order valence-corrected chi connectivity index (χ3v) is 4.99. The van der Waals surface area contributed by atoms with Crippen LogP contribution in [0.4, 0.5) is 0 Å². The summed E-state index contributed by atoms with van der Waals surface area (Å²) >= 11 is 0. The lowest BCUT2D eigenvalue weighted by Gasteiger charge is -2.29. The number of carbonyl (C=O) groups is 1. The first kappa shape index (κ1) is 14.9. The summed E-state index contributed by atoms with van der Waals surface area (Å²) in [7, 11) is 1.68. The minimum absolute atomic E-state index is 0.00560. The number of nitrogens with zero attached hydrogens (tertiary/aromatic N) is 2. The van der Waals surface area contributed by atoms with Gasteiger partial charge in [0.05, 0.1) is 18.9 Å². The van der Waals surface area contributed by atoms with Crippen molar-refractivity contribution < 1.29 is 9.53 Å². The van der Waals surface area contributed by atoms with E-state index in [-0.39, 0.29) is 17.9 Å². The van der Waals surface area contributed by atoms with Gasteiger partial charge in [0.2, 0.25) is 5.91 Å². The van der Waals surface area contributed by atoms with Crippen molar-refractivity contribution in [3.8, 4) is 5.75 Å². The van der Waals surface area contributed by atoms with Crippen molar-refractivity contribution >= 4 is 11.6 Å². The van der Waals surface area contributed by atoms with Crippen molar-refractivity contribution in [1.29, 1.82) is 0 Å². The van der Waals surface area contributed by atoms with Crippen LogP contribution in [0.15, 0.2) is 53.6 Å². The second-order valence-corrected chi connectivity index (χ2v) is 6.37. The van der Waals surface area contributed by atoms with E-state index >= 15 is 0 Å². The van der Waals surface area contributed by atoms with Crippen LogP contribution in [0.2, 0.25) is 0 Å². The molecule has 4 nitrogen and oxygen atoms in total. The van der Waals surface area contributed by atoms with E-state index in [1.165, 1.54) is 5.56 Å². The molecule has 2 aliphatic rings. The third kappa shape index (κ3) is 2.30. The number of fused-ring (bicyclic) bond motifs is 3. The first-order valence-electron chi connectivity index (χ1n) is 8.29. The number of carbonyl (C=O) groups excluding carboxylic acids is 1. The van der Waals surface area contributed by atoms with Crippen molar-refractivity contribution in [2.24, 2.45) is 11.0 Å². The van der Waals surface area contributed by atoms with Crippen LogP contribution in [0.25, 0.3) is 0 Å². The summed E-state index contributed by atoms with van der Waals surface area (Å²) in [6.07, 6.45) is 1.97. The molecule has 2 atom stereocenters. The Bertz CT molecular complexity index is 814. The molecule has 2 aromatic rings. The Kier molecular flexibility index (Phi) is 3.60. The summed E-state index contributed by atoms with van der Waals surface area (Å²) in [5.74, 6) is 1.10. The van der Waals surface area contributed by atoms with Crippen LogP contribution in [-0.4, -0.2) is 23.7 Å². The molecule has 0 N–H and O–H groups in total. The molecule has 0 aromatic heterocycles. The average Bonchev–Trinajstić information content (AvgIpc) is 3.02. The number of hydrogen-bond donors (Lipinski definition) is 0. The Morgan fingerprint density at radius 1 is 1.21 bits per heavy atom. The van der Waals surface area contributed by atoms with Crippen molar-refractivity contribution in [1.82, 2.24) is 5.01 Å². The van der Waals surface area contributed by atoms with Gasteiger partial charge in [0.15, 0.2) is 0 Å². The Morgan fingerprint density at radius 2 is 2.00 bits per heavy atom. The van der Waals surface area contributed by atoms with Gasteiger partial charge in [-0.15, -0.1) is 0 Å². The lowest BCUT2D eigenvalue weighted by molar-refractivity contribution is -0.131. The maximum Gasteiger partial charge on any atom is 0.240 e. The molecule has 0 saturated carbocycles. The van der Waals surface area contributed by atoms with Crippen LogP contribution < -0.4 is 4.74 Å². The molecular formula is C20H20N2O2. The molecule has 0 fully saturated rings. The molecule has 4 heteroatoms. The fraction of sp³-hybridized carbons (Fsp3) is 0.300. The highest BCUT2D eigenvalue weighted by Gasteiger charge is 2.42. The predicted octanol–water partition coefficient (Wildman–Crippen LogP) is 3.57. The number of methoxy groups -OCH3 is 1. The second kappa shape index (κ2) is 5.78. The van der Waals surface area contributed by atoms with Gasteiger partial charge in [-0.1, -0.05) is 30.3 Å². The number of aryl methyl sites for hydroxylation is 1. The summed E-state index contributed by atoms with van der Waals surface area (Å²) in [4.78, 5) is 12.2. The molecule has 0 unspecified atom stereocenters. The summed E-state index contributed by atoms with van der Waals surface area (Å²) in [6.45, 7) is 1.59. The van der Waals surface area contributed by atoms with E-state index < -0.39 is 0 Å². The van der Waals surface area contributed by atoms with E-state index in [9.17, 15) is 4.79 Å². The normalized spacial score (nSPS) is 21.8. The number of hydrogen-bond acceptors (Lipinski definition) is 3. The van der Waals surface area contributed by atoms with Gasteiger partial charge in [-0.25, -0.2) is 5.01 Å². The highest BCUT2D eigenvalue weighted by Crippen LogP contribution is 2.43. The zero-order valence-corrected chi connectivity index (χ0v) is 13.9. The van der Waals surface area contributed by atoms with Crippen molar-refractivity contribution in [2.45, 2.75) is 25.8 Å². The number of amides is 1. The van der Waals surface area contributed by atoms with Gasteiger partial charge in [-0.2, -0.15) is 5.10 Å². The SMILES string of the molecule is COc1ccc2c(c1)CC[C@@H]1C2=NN(C(C)=O)[C@@H]1c1ccccc1. The zero-order valence-electron chi connectivity index (χ0n) is 13.9. The van der Waals surface area contributed by atoms with E-state index in [0.717, 1.165) is 35.4 Å². The van der Waals surface area contributed by atoms with Crippen LogP contribution in [-0.2, 0) is 11.2 Å². The molecule has 0 bridgehead atoms. The van der Waals surface area contributed by atoms with Crippen LogP contribution in [0, 0.1) is 5.92 Å². The molecule has 1 amide bonds. The van der Waals surface area contributed by atoms with Crippen molar-refractivity contribution in [3.63, 3.8) is 0 Å². The fourth-order valence-electron chi connectivity index (χ4n) is 3.88. The van der Waals surface area contributed by atoms with Crippen molar-refractivity contribution in [2.75, 3.05) is 7.11 Å². The number of benzene rings is 2. The molecule has 122 valence electrons.